The van der Waals surface area contributed by atoms with Crippen molar-refractivity contribution in [3.05, 3.63) is 95.6 Å². The van der Waals surface area contributed by atoms with E-state index in [1.165, 1.54) is 19.2 Å². The van der Waals surface area contributed by atoms with Crippen molar-refractivity contribution in [3.63, 3.8) is 0 Å². The largest absolute Gasteiger partial charge is 0.431 e. The monoisotopic (exact) mass is 487 g/mol. The Morgan fingerprint density at radius 1 is 1.20 bits per heavy atom. The molecule has 0 saturated carbocycles. The Morgan fingerprint density at radius 3 is 2.43 bits per heavy atom. The molecule has 35 heavy (non-hydrogen) atoms. The summed E-state index contributed by atoms with van der Waals surface area (Å²) in [6, 6.07) is 11.1. The maximum absolute atomic E-state index is 14.8. The van der Waals surface area contributed by atoms with Gasteiger partial charge in [0, 0.05) is 48.2 Å². The predicted molar refractivity (Wildman–Crippen MR) is 136 cm³/mol. The van der Waals surface area contributed by atoms with Crippen molar-refractivity contribution >= 4 is 11.4 Å². The molecule has 2 aromatic carbocycles. The van der Waals surface area contributed by atoms with Crippen LogP contribution in [-0.4, -0.2) is 19.8 Å². The van der Waals surface area contributed by atoms with Gasteiger partial charge in [0.1, 0.15) is 11.5 Å². The Morgan fingerprint density at radius 2 is 1.86 bits per heavy atom. The number of allylic oxidation sites excluding steroid dienone is 3. The molecule has 188 valence electrons. The van der Waals surface area contributed by atoms with Gasteiger partial charge in [-0.05, 0) is 54.7 Å². The molecular weight excluding hydrogens is 454 g/mol. The maximum atomic E-state index is 14.8. The summed E-state index contributed by atoms with van der Waals surface area (Å²) in [6.07, 6.45) is -3.35. The van der Waals surface area contributed by atoms with Gasteiger partial charge in [-0.1, -0.05) is 51.3 Å². The van der Waals surface area contributed by atoms with E-state index in [9.17, 15) is 17.6 Å². The molecule has 1 aliphatic heterocycles. The highest BCUT2D eigenvalue weighted by atomic mass is 19.4. The number of anilines is 2. The summed E-state index contributed by atoms with van der Waals surface area (Å²) in [5.41, 5.74) is 1.50. The summed E-state index contributed by atoms with van der Waals surface area (Å²) >= 11 is 0. The number of halogens is 4. The molecule has 7 heteroatoms. The third-order valence-corrected chi connectivity index (χ3v) is 6.79. The Balaban J connectivity index is 2.11. The molecular formula is C28H33F4N3. The molecule has 3 rings (SSSR count). The minimum absolute atomic E-state index is 0.0762. The van der Waals surface area contributed by atoms with Crippen LogP contribution in [-0.2, 0) is 0 Å². The van der Waals surface area contributed by atoms with Crippen molar-refractivity contribution < 1.29 is 17.6 Å². The Labute approximate surface area is 205 Å². The van der Waals surface area contributed by atoms with E-state index < -0.39 is 29.2 Å². The van der Waals surface area contributed by atoms with Crippen LogP contribution in [0, 0.1) is 24.1 Å². The summed E-state index contributed by atoms with van der Waals surface area (Å²) in [4.78, 5) is 1.15. The lowest BCUT2D eigenvalue weighted by molar-refractivity contribution is -0.0942. The fraction of sp³-hybridized carbons (Fsp3) is 0.357. The minimum Gasteiger partial charge on any atom is -0.360 e. The zero-order valence-electron chi connectivity index (χ0n) is 20.9. The van der Waals surface area contributed by atoms with Crippen LogP contribution in [0.5, 0.6) is 0 Å². The highest BCUT2D eigenvalue weighted by molar-refractivity contribution is 5.63. The molecule has 2 aromatic rings. The predicted octanol–water partition coefficient (Wildman–Crippen LogP) is 7.51. The topological polar surface area (TPSA) is 27.3 Å². The molecule has 1 saturated heterocycles. The third-order valence-electron chi connectivity index (χ3n) is 6.79. The van der Waals surface area contributed by atoms with Gasteiger partial charge in [0.2, 0.25) is 0 Å². The molecule has 0 spiro atoms. The van der Waals surface area contributed by atoms with Gasteiger partial charge in [-0.2, -0.15) is 13.2 Å². The highest BCUT2D eigenvalue weighted by Crippen LogP contribution is 2.51. The third kappa shape index (κ3) is 5.30. The molecule has 0 bridgehead atoms. The van der Waals surface area contributed by atoms with E-state index in [1.807, 2.05) is 26.8 Å². The summed E-state index contributed by atoms with van der Waals surface area (Å²) in [5.74, 6) is -0.921. The van der Waals surface area contributed by atoms with E-state index in [0.717, 1.165) is 10.5 Å². The van der Waals surface area contributed by atoms with Gasteiger partial charge < -0.3 is 15.5 Å². The molecule has 1 aliphatic rings. The van der Waals surface area contributed by atoms with Crippen molar-refractivity contribution in [2.75, 3.05) is 23.8 Å². The van der Waals surface area contributed by atoms with Crippen LogP contribution < -0.4 is 15.5 Å². The van der Waals surface area contributed by atoms with Gasteiger partial charge in [-0.3, -0.25) is 0 Å². The molecule has 2 atom stereocenters. The number of hydrogen-bond acceptors (Lipinski definition) is 3. The maximum Gasteiger partial charge on any atom is 0.431 e. The van der Waals surface area contributed by atoms with Crippen LogP contribution in [0.4, 0.5) is 28.9 Å². The second-order valence-corrected chi connectivity index (χ2v) is 9.71. The van der Waals surface area contributed by atoms with Gasteiger partial charge in [-0.25, -0.2) is 4.39 Å². The van der Waals surface area contributed by atoms with E-state index >= 15 is 0 Å². The average molecular weight is 488 g/mol. The smallest absolute Gasteiger partial charge is 0.360 e. The van der Waals surface area contributed by atoms with Crippen molar-refractivity contribution in [2.45, 2.75) is 39.9 Å². The van der Waals surface area contributed by atoms with E-state index in [2.05, 4.69) is 23.8 Å². The van der Waals surface area contributed by atoms with Crippen LogP contribution in [0.3, 0.4) is 0 Å². The molecule has 2 N–H and O–H groups in total. The summed E-state index contributed by atoms with van der Waals surface area (Å²) in [7, 11) is 1.40. The number of rotatable bonds is 7. The molecule has 0 radical (unpaired) electrons. The lowest BCUT2D eigenvalue weighted by atomic mass is 9.70. The molecule has 2 unspecified atom stereocenters. The van der Waals surface area contributed by atoms with Crippen molar-refractivity contribution in [3.8, 4) is 0 Å². The SMILES string of the molecule is C=C/C(=C(\N(C)c1cccc(NC(=C)C)c1)C(F)(F)F)C1CNC(c2c(C)cccc2F)C1(C)C. The van der Waals surface area contributed by atoms with Gasteiger partial charge in [0.05, 0.1) is 0 Å². The number of aryl methyl sites for hydroxylation is 1. The second-order valence-electron chi connectivity index (χ2n) is 9.71. The molecule has 0 aromatic heterocycles. The first-order chi connectivity index (χ1) is 16.3. The molecule has 0 aliphatic carbocycles. The number of alkyl halides is 3. The van der Waals surface area contributed by atoms with Gasteiger partial charge in [-0.15, -0.1) is 0 Å². The molecule has 0 amide bonds. The number of hydrogen-bond donors (Lipinski definition) is 2. The quantitative estimate of drug-likeness (QED) is 0.313. The van der Waals surface area contributed by atoms with Crippen molar-refractivity contribution in [1.82, 2.24) is 5.32 Å². The fourth-order valence-corrected chi connectivity index (χ4v) is 5.08. The van der Waals surface area contributed by atoms with Crippen LogP contribution in [0.25, 0.3) is 0 Å². The summed E-state index contributed by atoms with van der Waals surface area (Å²) < 4.78 is 58.6. The highest BCUT2D eigenvalue weighted by Gasteiger charge is 2.49. The first-order valence-corrected chi connectivity index (χ1v) is 11.5. The van der Waals surface area contributed by atoms with E-state index in [1.54, 1.807) is 37.3 Å². The van der Waals surface area contributed by atoms with Crippen molar-refractivity contribution in [1.29, 1.82) is 0 Å². The average Bonchev–Trinajstić information content (AvgIpc) is 3.04. The van der Waals surface area contributed by atoms with Gasteiger partial charge in [0.25, 0.3) is 0 Å². The summed E-state index contributed by atoms with van der Waals surface area (Å²) in [5, 5.41) is 6.34. The van der Waals surface area contributed by atoms with Crippen LogP contribution in [0.2, 0.25) is 0 Å². The van der Waals surface area contributed by atoms with Crippen LogP contribution in [0.1, 0.15) is 37.9 Å². The molecule has 3 nitrogen and oxygen atoms in total. The fourth-order valence-electron chi connectivity index (χ4n) is 5.08. The number of benzene rings is 2. The lowest BCUT2D eigenvalue weighted by Gasteiger charge is -2.36. The Bertz CT molecular complexity index is 1130. The second kappa shape index (κ2) is 9.90. The van der Waals surface area contributed by atoms with Crippen LogP contribution in [0.15, 0.2) is 78.7 Å². The molecule has 1 heterocycles. The minimum atomic E-state index is -4.64. The van der Waals surface area contributed by atoms with E-state index in [0.29, 0.717) is 22.6 Å². The number of nitrogens with one attached hydrogen (secondary N) is 2. The first kappa shape index (κ1) is 26.5. The molecule has 1 fully saturated rings. The van der Waals surface area contributed by atoms with Gasteiger partial charge >= 0.3 is 6.18 Å². The van der Waals surface area contributed by atoms with E-state index in [-0.39, 0.29) is 17.9 Å². The summed E-state index contributed by atoms with van der Waals surface area (Å²) in [6.45, 7) is 15.2. The van der Waals surface area contributed by atoms with Crippen LogP contribution >= 0.6 is 0 Å². The van der Waals surface area contributed by atoms with Gasteiger partial charge in [0.15, 0.2) is 0 Å². The van der Waals surface area contributed by atoms with E-state index in [4.69, 9.17) is 0 Å². The lowest BCUT2D eigenvalue weighted by Crippen LogP contribution is -2.35. The standard InChI is InChI=1S/C28H33F4N3/c1-8-21(22-16-33-25(27(22,5)6)24-18(4)11-9-14-23(24)29)26(28(30,31)32)35(7)20-13-10-12-19(15-20)34-17(2)3/h8-15,22,25,33-34H,1-2,16H2,3-7H3/b26-21+. The first-order valence-electron chi connectivity index (χ1n) is 11.5. The normalized spacial score (nSPS) is 20.3. The van der Waals surface area contributed by atoms with Crippen molar-refractivity contribution in [2.24, 2.45) is 11.3 Å². The number of nitrogens with zero attached hydrogens (tertiary/aromatic N) is 1. The zero-order chi connectivity index (χ0) is 26.1. The Kier molecular flexibility index (Phi) is 7.50. The Hall–Kier alpha value is -3.06. The zero-order valence-corrected chi connectivity index (χ0v) is 20.9.